The molecule has 0 aromatic rings. The number of carbonyl (C=O) groups is 7. The standard InChI is InChI=1S/C31H44O6.C28H42O5.C27H40O5/c1-4-30(2,3)29(34)37-24-11-19-10-23(24)26-18-8-21(25(19)26)22(9-18)28(33)36-15-35-14-31-12-16-5-17(13-31)7-20(6-16)27(31)32;1-4-28(2,3)27(30)33-23-12-18-11-22(23)25-17-9-20(24(18)25)21(10-17)26(29)32-14-31-13-19-8-15-5-6-16(19)7-15;1-4-27(2,3)26(29)32-22-12-17-11-20(22)24-16-9-18(23(17)24)19(10-16)25(28)31-13-30-21-8-14-5-6-15(21)7-14/h16-26H,4-15H2,1-3H3;15-25H,4-14H2,1-3H3;14-24H,4-13H2,1-3H3. The Hall–Kier alpha value is -3.63. The number of hydrogen-bond acceptors (Lipinski definition) is 16. The molecule has 16 heteroatoms. The van der Waals surface area contributed by atoms with E-state index in [1.54, 1.807) is 0 Å². The van der Waals surface area contributed by atoms with Gasteiger partial charge in [-0.3, -0.25) is 33.6 Å². The third-order valence-corrected chi connectivity index (χ3v) is 34.7. The van der Waals surface area contributed by atoms with Crippen LogP contribution in [0.3, 0.4) is 0 Å². The maximum absolute atomic E-state index is 13.1. The summed E-state index contributed by atoms with van der Waals surface area (Å²) in [6.07, 6.45) is 31.7. The minimum atomic E-state index is -0.421. The van der Waals surface area contributed by atoms with Crippen molar-refractivity contribution in [1.82, 2.24) is 0 Å². The highest BCUT2D eigenvalue weighted by Gasteiger charge is 2.70. The predicted octanol–water partition coefficient (Wildman–Crippen LogP) is 15.4. The topological polar surface area (TPSA) is 203 Å². The molecule has 20 aliphatic rings. The van der Waals surface area contributed by atoms with Crippen LogP contribution >= 0.6 is 0 Å². The van der Waals surface area contributed by atoms with Crippen molar-refractivity contribution in [2.24, 2.45) is 193 Å². The largest absolute Gasteiger partial charge is 0.462 e. The highest BCUT2D eigenvalue weighted by atomic mass is 16.7. The van der Waals surface area contributed by atoms with E-state index in [4.69, 9.17) is 42.6 Å². The molecule has 102 heavy (non-hydrogen) atoms. The predicted molar refractivity (Wildman–Crippen MR) is 376 cm³/mol. The van der Waals surface area contributed by atoms with Crippen LogP contribution in [-0.2, 0) is 76.2 Å². The van der Waals surface area contributed by atoms with Gasteiger partial charge in [0, 0.05) is 5.92 Å². The SMILES string of the molecule is CCC(C)(C)C(=O)OC1CC2CC1C1C3CC(C(=O)OCOC4CC5CCC4C5)C(C3)C21.CCC(C)(C)C(=O)OC1CC2CC1C1C3CC(C(=O)OCOCC45CC6CC(CC(C6)C4=O)C5)C(C3)C21.CCC(C)(C)C(=O)OC1CC2CC1C1C3CC(C(=O)OCOCC4CC5CCC4C5)C(C3)C21. The Morgan fingerprint density at radius 3 is 1.15 bits per heavy atom. The molecule has 0 saturated heterocycles. The fourth-order valence-corrected chi connectivity index (χ4v) is 29.4. The van der Waals surface area contributed by atoms with Gasteiger partial charge in [-0.1, -0.05) is 27.2 Å². The van der Waals surface area contributed by atoms with Crippen molar-refractivity contribution in [2.75, 3.05) is 33.6 Å². The van der Waals surface area contributed by atoms with Gasteiger partial charge < -0.3 is 42.6 Å². The lowest BCUT2D eigenvalue weighted by atomic mass is 9.49. The number of rotatable bonds is 23. The Bertz CT molecular complexity index is 3190. The molecule has 20 bridgehead atoms. The van der Waals surface area contributed by atoms with E-state index in [-0.39, 0.29) is 104 Å². The Labute approximate surface area is 608 Å². The molecule has 0 amide bonds. The molecule has 32 atom stereocenters. The highest BCUT2D eigenvalue weighted by Crippen LogP contribution is 2.73. The van der Waals surface area contributed by atoms with Crippen molar-refractivity contribution >= 4 is 41.6 Å². The van der Waals surface area contributed by atoms with Gasteiger partial charge in [-0.15, -0.1) is 0 Å². The molecule has 0 radical (unpaired) electrons. The average Bonchev–Trinajstić information content (AvgIpc) is 1.50. The van der Waals surface area contributed by atoms with Crippen LogP contribution in [0.25, 0.3) is 0 Å². The first-order chi connectivity index (χ1) is 48.9. The first-order valence-corrected chi connectivity index (χ1v) is 42.3. The maximum atomic E-state index is 13.1. The van der Waals surface area contributed by atoms with Crippen molar-refractivity contribution in [2.45, 2.75) is 267 Å². The minimum absolute atomic E-state index is 0.0181. The summed E-state index contributed by atoms with van der Waals surface area (Å²) >= 11 is 0. The summed E-state index contributed by atoms with van der Waals surface area (Å²) in [6.45, 7) is 19.5. The summed E-state index contributed by atoms with van der Waals surface area (Å²) < 4.78 is 52.9. The zero-order valence-electron chi connectivity index (χ0n) is 63.4. The van der Waals surface area contributed by atoms with Gasteiger partial charge in [-0.2, -0.15) is 0 Å². The molecule has 20 saturated carbocycles. The van der Waals surface area contributed by atoms with Crippen molar-refractivity contribution in [3.05, 3.63) is 0 Å². The normalized spacial score (nSPS) is 47.7. The van der Waals surface area contributed by atoms with Crippen LogP contribution < -0.4 is 0 Å². The summed E-state index contributed by atoms with van der Waals surface area (Å²) in [5.74, 6) is 16.0. The summed E-state index contributed by atoms with van der Waals surface area (Å²) in [5, 5.41) is 0. The number of Topliss-reactive ketones (excluding diaryl/α,β-unsaturated/α-hetero) is 1. The number of ketones is 1. The Morgan fingerprint density at radius 2 is 0.755 bits per heavy atom. The molecule has 0 spiro atoms. The number of hydrogen-bond donors (Lipinski definition) is 0. The van der Waals surface area contributed by atoms with Gasteiger partial charge in [0.15, 0.2) is 20.4 Å². The summed E-state index contributed by atoms with van der Waals surface area (Å²) in [5.41, 5.74) is -1.53. The third kappa shape index (κ3) is 12.4. The second-order valence-electron chi connectivity index (χ2n) is 40.7. The van der Waals surface area contributed by atoms with Gasteiger partial charge in [-0.25, -0.2) is 0 Å². The Kier molecular flexibility index (Phi) is 19.0. The molecule has 20 aliphatic carbocycles. The fourth-order valence-electron chi connectivity index (χ4n) is 29.4. The Morgan fingerprint density at radius 1 is 0.373 bits per heavy atom. The van der Waals surface area contributed by atoms with E-state index in [2.05, 4.69) is 13.8 Å². The van der Waals surface area contributed by atoms with E-state index in [1.165, 1.54) is 64.2 Å². The molecule has 0 N–H and O–H groups in total. The fraction of sp³-hybridized carbons (Fsp3) is 0.919. The average molecular weight is 1420 g/mol. The first-order valence-electron chi connectivity index (χ1n) is 42.3. The van der Waals surface area contributed by atoms with Crippen molar-refractivity contribution in [1.29, 1.82) is 0 Å². The Balaban J connectivity index is 0.000000114. The lowest BCUT2D eigenvalue weighted by molar-refractivity contribution is -0.178. The van der Waals surface area contributed by atoms with E-state index in [1.807, 2.05) is 48.5 Å². The van der Waals surface area contributed by atoms with Crippen LogP contribution in [-0.4, -0.2) is 99.6 Å². The van der Waals surface area contributed by atoms with Gasteiger partial charge >= 0.3 is 35.8 Å². The van der Waals surface area contributed by atoms with Crippen molar-refractivity contribution in [3.8, 4) is 0 Å². The minimum Gasteiger partial charge on any atom is -0.462 e. The van der Waals surface area contributed by atoms with Crippen molar-refractivity contribution in [3.63, 3.8) is 0 Å². The second-order valence-corrected chi connectivity index (χ2v) is 40.7. The number of esters is 6. The van der Waals surface area contributed by atoms with Crippen LogP contribution in [0.1, 0.15) is 242 Å². The lowest BCUT2D eigenvalue weighted by Gasteiger charge is -2.55. The molecule has 0 heterocycles. The zero-order valence-corrected chi connectivity index (χ0v) is 63.4. The van der Waals surface area contributed by atoms with Gasteiger partial charge in [0.2, 0.25) is 0 Å². The molecule has 566 valence electrons. The van der Waals surface area contributed by atoms with Crippen LogP contribution in [0.4, 0.5) is 0 Å². The van der Waals surface area contributed by atoms with Gasteiger partial charge in [0.1, 0.15) is 24.1 Å². The van der Waals surface area contributed by atoms with Gasteiger partial charge in [0.25, 0.3) is 0 Å². The van der Waals surface area contributed by atoms with Crippen LogP contribution in [0.15, 0.2) is 0 Å². The molecule has 32 unspecified atom stereocenters. The molecule has 0 aliphatic heterocycles. The zero-order chi connectivity index (χ0) is 70.8. The van der Waals surface area contributed by atoms with E-state index in [0.717, 1.165) is 140 Å². The van der Waals surface area contributed by atoms with Crippen LogP contribution in [0, 0.1) is 193 Å². The molecule has 16 nitrogen and oxygen atoms in total. The molecule has 20 rings (SSSR count). The van der Waals surface area contributed by atoms with Crippen LogP contribution in [0.5, 0.6) is 0 Å². The van der Waals surface area contributed by atoms with E-state index < -0.39 is 16.2 Å². The maximum Gasteiger partial charge on any atom is 0.311 e. The van der Waals surface area contributed by atoms with E-state index in [0.29, 0.717) is 149 Å². The van der Waals surface area contributed by atoms with Gasteiger partial charge in [0.05, 0.1) is 58.7 Å². The molecule has 0 aromatic heterocycles. The third-order valence-electron chi connectivity index (χ3n) is 34.7. The molecular formula is C86H126O16. The number of ether oxygens (including phenoxy) is 9. The number of carbonyl (C=O) groups excluding carboxylic acids is 7. The smallest absolute Gasteiger partial charge is 0.311 e. The van der Waals surface area contributed by atoms with Crippen LogP contribution in [0.2, 0.25) is 0 Å². The molecule has 20 fully saturated rings. The summed E-state index contributed by atoms with van der Waals surface area (Å²) in [4.78, 5) is 90.1. The van der Waals surface area contributed by atoms with Crippen molar-refractivity contribution < 1.29 is 76.2 Å². The van der Waals surface area contributed by atoms with Gasteiger partial charge in [-0.05, 0) is 363 Å². The highest BCUT2D eigenvalue weighted by molar-refractivity contribution is 5.89. The lowest BCUT2D eigenvalue weighted by Crippen LogP contribution is -2.55. The summed E-state index contributed by atoms with van der Waals surface area (Å²) in [6, 6.07) is 0. The second kappa shape index (κ2) is 27.2. The monoisotopic (exact) mass is 1410 g/mol. The molecular weight excluding hydrogens is 1290 g/mol. The summed E-state index contributed by atoms with van der Waals surface area (Å²) in [7, 11) is 0. The quantitative estimate of drug-likeness (QED) is 0.0307. The first kappa shape index (κ1) is 71.3. The van der Waals surface area contributed by atoms with E-state index in [9.17, 15) is 33.6 Å². The number of fused-ring (bicyclic) bond motifs is 31. The van der Waals surface area contributed by atoms with E-state index >= 15 is 0 Å². The molecule has 0 aromatic carbocycles.